The van der Waals surface area contributed by atoms with Gasteiger partial charge in [0.2, 0.25) is 0 Å². The Hall–Kier alpha value is -2.43. The van der Waals surface area contributed by atoms with E-state index in [1.165, 1.54) is 12.5 Å². The second kappa shape index (κ2) is 4.44. The molecule has 18 heavy (non-hydrogen) atoms. The quantitative estimate of drug-likeness (QED) is 0.866. The highest BCUT2D eigenvalue weighted by atomic mass is 16.5. The number of rotatable bonds is 2. The molecule has 5 nitrogen and oxygen atoms in total. The van der Waals surface area contributed by atoms with Gasteiger partial charge >= 0.3 is 0 Å². The van der Waals surface area contributed by atoms with Crippen LogP contribution in [0, 0.1) is 0 Å². The summed E-state index contributed by atoms with van der Waals surface area (Å²) in [5.74, 6) is 1.20. The van der Waals surface area contributed by atoms with Gasteiger partial charge in [-0.25, -0.2) is 0 Å². The lowest BCUT2D eigenvalue weighted by Gasteiger charge is -2.17. The zero-order valence-corrected chi connectivity index (χ0v) is 9.63. The molecule has 0 saturated heterocycles. The molecule has 0 amide bonds. The van der Waals surface area contributed by atoms with Crippen molar-refractivity contribution in [3.05, 3.63) is 54.0 Å². The Morgan fingerprint density at radius 1 is 1.17 bits per heavy atom. The highest BCUT2D eigenvalue weighted by Gasteiger charge is 2.16. The van der Waals surface area contributed by atoms with Crippen LogP contribution < -0.4 is 5.73 Å². The monoisotopic (exact) mass is 244 g/mol. The van der Waals surface area contributed by atoms with Gasteiger partial charge in [-0.05, 0) is 18.4 Å². The van der Waals surface area contributed by atoms with E-state index in [9.17, 15) is 0 Å². The molecule has 1 aromatic heterocycles. The summed E-state index contributed by atoms with van der Waals surface area (Å²) in [4.78, 5) is 3.95. The molecule has 0 saturated carbocycles. The molecule has 1 aromatic rings. The van der Waals surface area contributed by atoms with Gasteiger partial charge in [0.1, 0.15) is 24.5 Å². The fourth-order valence-electron chi connectivity index (χ4n) is 1.77. The molecule has 0 aromatic carbocycles. The number of aromatic nitrogens is 1. The Morgan fingerprint density at radius 2 is 2.00 bits per heavy atom. The van der Waals surface area contributed by atoms with Crippen LogP contribution in [0.3, 0.4) is 0 Å². The highest BCUT2D eigenvalue weighted by molar-refractivity contribution is 5.57. The third kappa shape index (κ3) is 2.02. The Kier molecular flexibility index (Phi) is 2.64. The van der Waals surface area contributed by atoms with Crippen LogP contribution in [-0.2, 0) is 9.47 Å². The second-order valence-corrected chi connectivity index (χ2v) is 3.93. The molecule has 3 rings (SSSR count). The minimum atomic E-state index is 0.101. The molecular weight excluding hydrogens is 232 g/mol. The lowest BCUT2D eigenvalue weighted by atomic mass is 10.0. The predicted octanol–water partition coefficient (Wildman–Crippen LogP) is 2.72. The van der Waals surface area contributed by atoms with E-state index in [0.29, 0.717) is 11.5 Å². The van der Waals surface area contributed by atoms with Gasteiger partial charge in [-0.2, -0.15) is 4.98 Å². The van der Waals surface area contributed by atoms with Crippen molar-refractivity contribution < 1.29 is 13.9 Å². The third-order valence-corrected chi connectivity index (χ3v) is 2.69. The van der Waals surface area contributed by atoms with Crippen molar-refractivity contribution in [1.82, 2.24) is 4.98 Å². The second-order valence-electron chi connectivity index (χ2n) is 3.93. The summed E-state index contributed by atoms with van der Waals surface area (Å²) in [7, 11) is 0. The number of nitrogen functional groups attached to an aromatic ring is 1. The minimum Gasteiger partial charge on any atom is -0.457 e. The first kappa shape index (κ1) is 10.7. The van der Waals surface area contributed by atoms with Crippen molar-refractivity contribution in [2.24, 2.45) is 0 Å². The van der Waals surface area contributed by atoms with Crippen LogP contribution >= 0.6 is 0 Å². The van der Waals surface area contributed by atoms with E-state index < -0.39 is 0 Å². The maximum absolute atomic E-state index is 5.54. The van der Waals surface area contributed by atoms with E-state index in [-0.39, 0.29) is 6.01 Å². The van der Waals surface area contributed by atoms with Crippen LogP contribution in [-0.4, -0.2) is 4.98 Å². The van der Waals surface area contributed by atoms with Crippen LogP contribution in [0.1, 0.15) is 18.5 Å². The number of hydrogen-bond acceptors (Lipinski definition) is 5. The van der Waals surface area contributed by atoms with E-state index in [4.69, 9.17) is 19.6 Å². The van der Waals surface area contributed by atoms with Crippen molar-refractivity contribution in [2.45, 2.75) is 12.8 Å². The van der Waals surface area contributed by atoms with Crippen molar-refractivity contribution in [2.75, 3.05) is 5.73 Å². The number of ether oxygens (including phenoxy) is 2. The third-order valence-electron chi connectivity index (χ3n) is 2.69. The molecule has 1 aliphatic carbocycles. The summed E-state index contributed by atoms with van der Waals surface area (Å²) in [6, 6.07) is 0.101. The zero-order valence-electron chi connectivity index (χ0n) is 9.63. The van der Waals surface area contributed by atoms with E-state index in [2.05, 4.69) is 11.1 Å². The summed E-state index contributed by atoms with van der Waals surface area (Å²) < 4.78 is 15.9. The summed E-state index contributed by atoms with van der Waals surface area (Å²) in [6.45, 7) is 0. The highest BCUT2D eigenvalue weighted by Crippen LogP contribution is 2.28. The van der Waals surface area contributed by atoms with Gasteiger partial charge in [-0.1, -0.05) is 18.2 Å². The molecule has 0 spiro atoms. The number of nitrogens with two attached hydrogens (primary N) is 1. The van der Waals surface area contributed by atoms with E-state index in [1.807, 2.05) is 12.2 Å². The standard InChI is InChI=1S/C13H12N2O3/c14-13-15-10(6-18-13)12-8-16-11(7-17-12)9-4-2-1-3-5-9/h1-2,4,6-8H,3,5H2,(H2,14,15). The fourth-order valence-corrected chi connectivity index (χ4v) is 1.77. The SMILES string of the molecule is Nc1nc(C2=COC(C3=CC=CCC3)=CO2)co1. The summed E-state index contributed by atoms with van der Waals surface area (Å²) >= 11 is 0. The number of allylic oxidation sites excluding steroid dienone is 4. The van der Waals surface area contributed by atoms with Gasteiger partial charge in [0.15, 0.2) is 11.5 Å². The first-order valence-corrected chi connectivity index (χ1v) is 5.64. The molecule has 1 aliphatic heterocycles. The molecule has 0 bridgehead atoms. The smallest absolute Gasteiger partial charge is 0.292 e. The molecule has 0 radical (unpaired) electrons. The predicted molar refractivity (Wildman–Crippen MR) is 65.6 cm³/mol. The van der Waals surface area contributed by atoms with Crippen molar-refractivity contribution in [3.8, 4) is 0 Å². The number of oxazole rings is 1. The number of nitrogens with zero attached hydrogens (tertiary/aromatic N) is 1. The molecule has 2 aliphatic rings. The molecule has 2 heterocycles. The van der Waals surface area contributed by atoms with Gasteiger partial charge in [-0.15, -0.1) is 0 Å². The topological polar surface area (TPSA) is 70.5 Å². The summed E-state index contributed by atoms with van der Waals surface area (Å²) in [5, 5.41) is 0. The lowest BCUT2D eigenvalue weighted by Crippen LogP contribution is -2.02. The Morgan fingerprint density at radius 3 is 2.61 bits per heavy atom. The molecule has 0 fully saturated rings. The van der Waals surface area contributed by atoms with E-state index in [0.717, 1.165) is 24.2 Å². The molecule has 0 atom stereocenters. The van der Waals surface area contributed by atoms with Crippen molar-refractivity contribution in [3.63, 3.8) is 0 Å². The zero-order chi connectivity index (χ0) is 12.4. The average Bonchev–Trinajstić information content (AvgIpc) is 2.87. The maximum Gasteiger partial charge on any atom is 0.292 e. The van der Waals surface area contributed by atoms with Crippen LogP contribution in [0.25, 0.3) is 5.76 Å². The first-order chi connectivity index (χ1) is 8.83. The first-order valence-electron chi connectivity index (χ1n) is 5.64. The van der Waals surface area contributed by atoms with Gasteiger partial charge in [-0.3, -0.25) is 0 Å². The molecular formula is C13H12N2O3. The van der Waals surface area contributed by atoms with Gasteiger partial charge in [0.25, 0.3) is 6.01 Å². The normalized spacial score (nSPS) is 18.3. The molecule has 2 N–H and O–H groups in total. The van der Waals surface area contributed by atoms with Gasteiger partial charge in [0, 0.05) is 0 Å². The Labute approximate surface area is 104 Å². The van der Waals surface area contributed by atoms with Crippen molar-refractivity contribution in [1.29, 1.82) is 0 Å². The van der Waals surface area contributed by atoms with Crippen LogP contribution in [0.15, 0.2) is 52.8 Å². The van der Waals surface area contributed by atoms with E-state index >= 15 is 0 Å². The van der Waals surface area contributed by atoms with Crippen LogP contribution in [0.5, 0.6) is 0 Å². The van der Waals surface area contributed by atoms with E-state index in [1.54, 1.807) is 6.26 Å². The van der Waals surface area contributed by atoms with Crippen molar-refractivity contribution >= 4 is 11.8 Å². The molecule has 92 valence electrons. The number of anilines is 1. The van der Waals surface area contributed by atoms with Crippen LogP contribution in [0.2, 0.25) is 0 Å². The average molecular weight is 244 g/mol. The Balaban J connectivity index is 1.74. The molecule has 5 heteroatoms. The Bertz CT molecular complexity index is 579. The molecule has 0 unspecified atom stereocenters. The maximum atomic E-state index is 5.54. The number of hydrogen-bond donors (Lipinski definition) is 1. The van der Waals surface area contributed by atoms with Crippen LogP contribution in [0.4, 0.5) is 6.01 Å². The lowest BCUT2D eigenvalue weighted by molar-refractivity contribution is 0.280. The minimum absolute atomic E-state index is 0.101. The van der Waals surface area contributed by atoms with Gasteiger partial charge < -0.3 is 19.6 Å². The largest absolute Gasteiger partial charge is 0.457 e. The summed E-state index contributed by atoms with van der Waals surface area (Å²) in [6.07, 6.45) is 12.6. The van der Waals surface area contributed by atoms with Gasteiger partial charge in [0.05, 0.1) is 0 Å². The summed E-state index contributed by atoms with van der Waals surface area (Å²) in [5.41, 5.74) is 7.03. The fraction of sp³-hybridized carbons (Fsp3) is 0.154.